The molecule has 108 valence electrons. The van der Waals surface area contributed by atoms with Crippen molar-refractivity contribution >= 4 is 6.09 Å². The Labute approximate surface area is 109 Å². The van der Waals surface area contributed by atoms with E-state index in [1.54, 1.807) is 0 Å². The fourth-order valence-electron chi connectivity index (χ4n) is 1.03. The highest BCUT2D eigenvalue weighted by Gasteiger charge is 2.15. The molecule has 0 bridgehead atoms. The van der Waals surface area contributed by atoms with Gasteiger partial charge in [-0.25, -0.2) is 4.79 Å². The van der Waals surface area contributed by atoms with Gasteiger partial charge in [0.05, 0.1) is 26.4 Å². The lowest BCUT2D eigenvalue weighted by molar-refractivity contribution is 0.0378. The van der Waals surface area contributed by atoms with Gasteiger partial charge in [0.15, 0.2) is 0 Å². The van der Waals surface area contributed by atoms with Gasteiger partial charge in [0.25, 0.3) is 0 Å². The molecule has 3 N–H and O–H groups in total. The van der Waals surface area contributed by atoms with Crippen molar-refractivity contribution in [3.63, 3.8) is 0 Å². The van der Waals surface area contributed by atoms with Crippen molar-refractivity contribution in [2.24, 2.45) is 5.73 Å². The number of alkyl carbamates (subject to hydrolysis) is 1. The lowest BCUT2D eigenvalue weighted by Gasteiger charge is -2.19. The topological polar surface area (TPSA) is 82.8 Å². The number of amides is 1. The molecule has 0 saturated carbocycles. The average molecular weight is 262 g/mol. The quantitative estimate of drug-likeness (QED) is 0.635. The second-order valence-corrected chi connectivity index (χ2v) is 5.09. The monoisotopic (exact) mass is 262 g/mol. The number of carbonyl (C=O) groups is 1. The fraction of sp³-hybridized carbons (Fsp3) is 0.917. The maximum atomic E-state index is 11.2. The van der Waals surface area contributed by atoms with Gasteiger partial charge in [0.2, 0.25) is 0 Å². The molecule has 1 unspecified atom stereocenters. The summed E-state index contributed by atoms with van der Waals surface area (Å²) >= 11 is 0. The summed E-state index contributed by atoms with van der Waals surface area (Å²) in [5.41, 5.74) is 5.04. The van der Waals surface area contributed by atoms with Gasteiger partial charge >= 0.3 is 6.09 Å². The zero-order chi connectivity index (χ0) is 14.0. The van der Waals surface area contributed by atoms with Crippen LogP contribution in [0.5, 0.6) is 0 Å². The first-order chi connectivity index (χ1) is 8.31. The van der Waals surface area contributed by atoms with Crippen LogP contribution in [0.1, 0.15) is 27.7 Å². The van der Waals surface area contributed by atoms with E-state index in [1.165, 1.54) is 0 Å². The van der Waals surface area contributed by atoms with Gasteiger partial charge in [-0.15, -0.1) is 0 Å². The van der Waals surface area contributed by atoms with E-state index < -0.39 is 11.7 Å². The van der Waals surface area contributed by atoms with Crippen molar-refractivity contribution in [1.82, 2.24) is 5.32 Å². The molecule has 0 aromatic heterocycles. The molecule has 0 aliphatic carbocycles. The molecule has 0 spiro atoms. The van der Waals surface area contributed by atoms with E-state index in [2.05, 4.69) is 5.32 Å². The maximum absolute atomic E-state index is 11.2. The number of carbonyl (C=O) groups excluding carboxylic acids is 1. The number of ether oxygens (including phenoxy) is 3. The molecule has 0 radical (unpaired) electrons. The van der Waals surface area contributed by atoms with E-state index in [0.29, 0.717) is 33.0 Å². The first-order valence-electron chi connectivity index (χ1n) is 6.19. The van der Waals surface area contributed by atoms with Gasteiger partial charge in [0, 0.05) is 12.6 Å². The van der Waals surface area contributed by atoms with Crippen LogP contribution in [0.4, 0.5) is 4.79 Å². The summed E-state index contributed by atoms with van der Waals surface area (Å²) in [5, 5.41) is 2.60. The highest BCUT2D eigenvalue weighted by Crippen LogP contribution is 2.05. The summed E-state index contributed by atoms with van der Waals surface area (Å²) in [5.74, 6) is 0. The molecule has 18 heavy (non-hydrogen) atoms. The molecule has 0 aliphatic heterocycles. The van der Waals surface area contributed by atoms with Crippen LogP contribution in [0, 0.1) is 0 Å². The van der Waals surface area contributed by atoms with Crippen LogP contribution in [0.15, 0.2) is 0 Å². The van der Waals surface area contributed by atoms with Gasteiger partial charge < -0.3 is 25.3 Å². The number of nitrogens with two attached hydrogens (primary N) is 1. The molecule has 0 fully saturated rings. The summed E-state index contributed by atoms with van der Waals surface area (Å²) < 4.78 is 15.6. The number of hydrogen-bond acceptors (Lipinski definition) is 5. The third-order valence-corrected chi connectivity index (χ3v) is 1.67. The molecule has 0 aromatic rings. The SMILES string of the molecule is CC(N)COCCOCCNC(=O)OC(C)(C)C. The van der Waals surface area contributed by atoms with E-state index in [0.717, 1.165) is 0 Å². The summed E-state index contributed by atoms with van der Waals surface area (Å²) in [6.07, 6.45) is -0.431. The smallest absolute Gasteiger partial charge is 0.407 e. The van der Waals surface area contributed by atoms with Gasteiger partial charge in [-0.3, -0.25) is 0 Å². The first-order valence-corrected chi connectivity index (χ1v) is 6.19. The third kappa shape index (κ3) is 13.2. The summed E-state index contributed by atoms with van der Waals surface area (Å²) in [4.78, 5) is 11.2. The zero-order valence-electron chi connectivity index (χ0n) is 11.8. The Morgan fingerprint density at radius 3 is 2.39 bits per heavy atom. The van der Waals surface area contributed by atoms with Crippen LogP contribution in [-0.4, -0.2) is 50.7 Å². The Bertz CT molecular complexity index is 227. The van der Waals surface area contributed by atoms with Crippen molar-refractivity contribution in [2.75, 3.05) is 33.0 Å². The third-order valence-electron chi connectivity index (χ3n) is 1.67. The van der Waals surface area contributed by atoms with Crippen LogP contribution in [-0.2, 0) is 14.2 Å². The first kappa shape index (κ1) is 17.2. The van der Waals surface area contributed by atoms with Crippen LogP contribution in [0.2, 0.25) is 0 Å². The molecule has 0 heterocycles. The number of rotatable bonds is 8. The van der Waals surface area contributed by atoms with Crippen molar-refractivity contribution in [2.45, 2.75) is 39.3 Å². The van der Waals surface area contributed by atoms with Crippen LogP contribution < -0.4 is 11.1 Å². The van der Waals surface area contributed by atoms with Crippen molar-refractivity contribution < 1.29 is 19.0 Å². The molecule has 0 saturated heterocycles. The largest absolute Gasteiger partial charge is 0.444 e. The van der Waals surface area contributed by atoms with Crippen molar-refractivity contribution in [3.8, 4) is 0 Å². The predicted octanol–water partition coefficient (Wildman–Crippen LogP) is 0.891. The number of hydrogen-bond donors (Lipinski definition) is 2. The van der Waals surface area contributed by atoms with Crippen LogP contribution >= 0.6 is 0 Å². The number of nitrogens with one attached hydrogen (secondary N) is 1. The van der Waals surface area contributed by atoms with E-state index >= 15 is 0 Å². The average Bonchev–Trinajstić information content (AvgIpc) is 2.18. The van der Waals surface area contributed by atoms with E-state index in [4.69, 9.17) is 19.9 Å². The summed E-state index contributed by atoms with van der Waals surface area (Å²) in [6.45, 7) is 9.71. The standard InChI is InChI=1S/C12H26N2O4/c1-10(13)9-17-8-7-16-6-5-14-11(15)18-12(2,3)4/h10H,5-9,13H2,1-4H3,(H,14,15). The Morgan fingerprint density at radius 2 is 1.83 bits per heavy atom. The second kappa shape index (κ2) is 9.13. The minimum absolute atomic E-state index is 0.0406. The molecule has 6 heteroatoms. The molecular weight excluding hydrogens is 236 g/mol. The molecular formula is C12H26N2O4. The van der Waals surface area contributed by atoms with Gasteiger partial charge in [-0.05, 0) is 27.7 Å². The van der Waals surface area contributed by atoms with E-state index in [1.807, 2.05) is 27.7 Å². The van der Waals surface area contributed by atoms with Gasteiger partial charge in [-0.2, -0.15) is 0 Å². The molecule has 1 amide bonds. The van der Waals surface area contributed by atoms with Crippen LogP contribution in [0.25, 0.3) is 0 Å². The molecule has 6 nitrogen and oxygen atoms in total. The normalized spacial score (nSPS) is 13.2. The molecule has 0 aromatic carbocycles. The minimum atomic E-state index is -0.475. The second-order valence-electron chi connectivity index (χ2n) is 5.09. The Kier molecular flexibility index (Phi) is 8.70. The van der Waals surface area contributed by atoms with Crippen molar-refractivity contribution in [3.05, 3.63) is 0 Å². The Hall–Kier alpha value is -0.850. The van der Waals surface area contributed by atoms with Gasteiger partial charge in [-0.1, -0.05) is 0 Å². The lowest BCUT2D eigenvalue weighted by atomic mass is 10.2. The highest BCUT2D eigenvalue weighted by atomic mass is 16.6. The van der Waals surface area contributed by atoms with Gasteiger partial charge in [0.1, 0.15) is 5.60 Å². The predicted molar refractivity (Wildman–Crippen MR) is 69.5 cm³/mol. The summed E-state index contributed by atoms with van der Waals surface area (Å²) in [6, 6.07) is 0.0406. The molecule has 0 aliphatic rings. The van der Waals surface area contributed by atoms with Crippen molar-refractivity contribution in [1.29, 1.82) is 0 Å². The highest BCUT2D eigenvalue weighted by molar-refractivity contribution is 5.67. The van der Waals surface area contributed by atoms with Crippen LogP contribution in [0.3, 0.4) is 0 Å². The minimum Gasteiger partial charge on any atom is -0.444 e. The molecule has 1 atom stereocenters. The van der Waals surface area contributed by atoms with E-state index in [-0.39, 0.29) is 6.04 Å². The Morgan fingerprint density at radius 1 is 1.22 bits per heavy atom. The zero-order valence-corrected chi connectivity index (χ0v) is 11.8. The Balaban J connectivity index is 3.28. The maximum Gasteiger partial charge on any atom is 0.407 e. The summed E-state index contributed by atoms with van der Waals surface area (Å²) in [7, 11) is 0. The lowest BCUT2D eigenvalue weighted by Crippen LogP contribution is -2.34. The molecule has 0 rings (SSSR count). The fourth-order valence-corrected chi connectivity index (χ4v) is 1.03. The van der Waals surface area contributed by atoms with E-state index in [9.17, 15) is 4.79 Å².